The van der Waals surface area contributed by atoms with Gasteiger partial charge in [-0.1, -0.05) is 49.2 Å². The Kier molecular flexibility index (Phi) is 8.20. The molecule has 198 valence electrons. The number of amides is 1. The molecule has 2 aromatic carbocycles. The molecule has 0 bridgehead atoms. The van der Waals surface area contributed by atoms with Gasteiger partial charge in [-0.05, 0) is 74.4 Å². The number of carbonyl (C=O) groups is 1. The molecule has 2 N–H and O–H groups in total. The van der Waals surface area contributed by atoms with E-state index in [9.17, 15) is 4.79 Å². The van der Waals surface area contributed by atoms with Gasteiger partial charge in [0.05, 0.1) is 11.6 Å². The summed E-state index contributed by atoms with van der Waals surface area (Å²) in [6.07, 6.45) is 7.24. The molecule has 1 fully saturated rings. The second-order valence-electron chi connectivity index (χ2n) is 9.98. The third-order valence-electron chi connectivity index (χ3n) is 7.65. The highest BCUT2D eigenvalue weighted by atomic mass is 35.5. The van der Waals surface area contributed by atoms with Crippen LogP contribution in [0.2, 0.25) is 5.02 Å². The Hall–Kier alpha value is -3.09. The average molecular weight is 548 g/mol. The number of hydrogen-bond acceptors (Lipinski definition) is 5. The second kappa shape index (κ2) is 11.7. The fourth-order valence-corrected chi connectivity index (χ4v) is 6.92. The van der Waals surface area contributed by atoms with Gasteiger partial charge in [-0.3, -0.25) is 4.79 Å². The minimum absolute atomic E-state index is 0.00171. The number of ether oxygens (including phenoxy) is 1. The number of anilines is 1. The molecule has 0 atom stereocenters. The van der Waals surface area contributed by atoms with Crippen LogP contribution in [0.1, 0.15) is 61.2 Å². The van der Waals surface area contributed by atoms with E-state index in [1.165, 1.54) is 17.8 Å². The third kappa shape index (κ3) is 5.52. The van der Waals surface area contributed by atoms with E-state index in [0.29, 0.717) is 28.9 Å². The van der Waals surface area contributed by atoms with Crippen molar-refractivity contribution in [1.29, 1.82) is 0 Å². The molecule has 0 aliphatic heterocycles. The first kappa shape index (κ1) is 26.5. The van der Waals surface area contributed by atoms with Crippen molar-refractivity contribution in [2.24, 2.45) is 5.92 Å². The zero-order valence-corrected chi connectivity index (χ0v) is 23.5. The molecule has 0 saturated heterocycles. The monoisotopic (exact) mass is 547 g/mol. The summed E-state index contributed by atoms with van der Waals surface area (Å²) in [4.78, 5) is 21.2. The molecule has 7 heteroatoms. The number of nitrogen functional groups attached to an aromatic ring is 1. The predicted octanol–water partition coefficient (Wildman–Crippen LogP) is 8.21. The number of thiophene rings is 1. The van der Waals surface area contributed by atoms with E-state index in [4.69, 9.17) is 22.1 Å². The molecule has 4 aromatic rings. The fraction of sp³-hybridized carbons (Fsp3) is 0.355. The molecular formula is C31H34ClN3O2S. The number of pyridine rings is 1. The molecular weight excluding hydrogens is 514 g/mol. The quantitative estimate of drug-likeness (QED) is 0.241. The Morgan fingerprint density at radius 2 is 1.84 bits per heavy atom. The number of fused-ring (bicyclic) bond motifs is 1. The van der Waals surface area contributed by atoms with Crippen molar-refractivity contribution in [2.75, 3.05) is 12.3 Å². The zero-order valence-electron chi connectivity index (χ0n) is 22.0. The second-order valence-corrected chi connectivity index (χ2v) is 11.4. The summed E-state index contributed by atoms with van der Waals surface area (Å²) in [7, 11) is 0. The lowest BCUT2D eigenvalue weighted by Crippen LogP contribution is -2.41. The molecule has 1 saturated carbocycles. The van der Waals surface area contributed by atoms with Crippen LogP contribution in [0.3, 0.4) is 0 Å². The first-order chi connectivity index (χ1) is 18.5. The van der Waals surface area contributed by atoms with Crippen molar-refractivity contribution in [3.05, 3.63) is 76.3 Å². The topological polar surface area (TPSA) is 68.5 Å². The number of carbonyl (C=O) groups excluding carboxylic acids is 1. The molecule has 0 unspecified atom stereocenters. The molecule has 0 spiro atoms. The summed E-state index contributed by atoms with van der Waals surface area (Å²) < 4.78 is 7.06. The maximum absolute atomic E-state index is 14.2. The van der Waals surface area contributed by atoms with E-state index in [1.807, 2.05) is 54.3 Å². The number of nitrogens with zero attached hydrogens (tertiary/aromatic N) is 2. The maximum Gasteiger partial charge on any atom is 0.266 e. The van der Waals surface area contributed by atoms with E-state index in [1.54, 1.807) is 12.3 Å². The first-order valence-corrected chi connectivity index (χ1v) is 14.6. The highest BCUT2D eigenvalue weighted by molar-refractivity contribution is 7.21. The normalized spacial score (nSPS) is 17.4. The first-order valence-electron chi connectivity index (χ1n) is 13.4. The minimum Gasteiger partial charge on any atom is -0.494 e. The Bertz CT molecular complexity index is 1410. The zero-order chi connectivity index (χ0) is 26.6. The summed E-state index contributed by atoms with van der Waals surface area (Å²) >= 11 is 8.28. The molecule has 2 aromatic heterocycles. The molecule has 5 nitrogen and oxygen atoms in total. The van der Waals surface area contributed by atoms with Gasteiger partial charge in [0.2, 0.25) is 0 Å². The van der Waals surface area contributed by atoms with Gasteiger partial charge in [0.1, 0.15) is 16.4 Å². The molecule has 38 heavy (non-hydrogen) atoms. The average Bonchev–Trinajstić information content (AvgIpc) is 3.29. The van der Waals surface area contributed by atoms with Gasteiger partial charge < -0.3 is 15.4 Å². The smallest absolute Gasteiger partial charge is 0.266 e. The Morgan fingerprint density at radius 3 is 2.53 bits per heavy atom. The van der Waals surface area contributed by atoms with Crippen molar-refractivity contribution in [1.82, 2.24) is 9.88 Å². The van der Waals surface area contributed by atoms with Crippen LogP contribution in [0.25, 0.3) is 21.2 Å². The molecule has 1 aliphatic carbocycles. The van der Waals surface area contributed by atoms with Crippen LogP contribution in [0.15, 0.2) is 60.8 Å². The minimum atomic E-state index is -0.00171. The highest BCUT2D eigenvalue weighted by Gasteiger charge is 2.32. The van der Waals surface area contributed by atoms with E-state index < -0.39 is 0 Å². The predicted molar refractivity (Wildman–Crippen MR) is 158 cm³/mol. The lowest BCUT2D eigenvalue weighted by Gasteiger charge is -2.37. The van der Waals surface area contributed by atoms with Crippen molar-refractivity contribution >= 4 is 44.7 Å². The molecule has 2 heterocycles. The van der Waals surface area contributed by atoms with Crippen LogP contribution < -0.4 is 10.5 Å². The van der Waals surface area contributed by atoms with E-state index >= 15 is 0 Å². The van der Waals surface area contributed by atoms with E-state index in [2.05, 4.69) is 18.0 Å². The van der Waals surface area contributed by atoms with Crippen LogP contribution in [0, 0.1) is 5.92 Å². The summed E-state index contributed by atoms with van der Waals surface area (Å²) in [6, 6.07) is 18.0. The standard InChI is InChI=1S/C31H34ClN3O2S/c1-3-20-9-13-24(14-10-20)35(31(36)30-29(32)25-7-5-6-8-27(25)38-30)19-23-17-21(11-15-26(23)37-4-2)22-12-16-28(33)34-18-22/h5-8,11-12,15-18,20,24H,3-4,9-10,13-14,19H2,1-2H3,(H2,33,34). The van der Waals surface area contributed by atoms with Crippen LogP contribution in [-0.2, 0) is 6.54 Å². The molecule has 5 rings (SSSR count). The third-order valence-corrected chi connectivity index (χ3v) is 9.31. The lowest BCUT2D eigenvalue weighted by atomic mass is 9.83. The number of nitrogens with two attached hydrogens (primary N) is 1. The van der Waals surface area contributed by atoms with Crippen LogP contribution in [0.4, 0.5) is 5.82 Å². The Balaban J connectivity index is 1.53. The number of halogens is 1. The lowest BCUT2D eigenvalue weighted by molar-refractivity contribution is 0.0590. The van der Waals surface area contributed by atoms with E-state index in [0.717, 1.165) is 64.1 Å². The van der Waals surface area contributed by atoms with Gasteiger partial charge in [-0.15, -0.1) is 11.3 Å². The number of benzene rings is 2. The van der Waals surface area contributed by atoms with Crippen LogP contribution >= 0.6 is 22.9 Å². The van der Waals surface area contributed by atoms with Gasteiger partial charge in [-0.2, -0.15) is 0 Å². The SMILES string of the molecule is CCOc1ccc(-c2ccc(N)nc2)cc1CN(C(=O)c1sc2ccccc2c1Cl)C1CCC(CC)CC1. The Morgan fingerprint density at radius 1 is 1.08 bits per heavy atom. The van der Waals surface area contributed by atoms with Crippen LogP contribution in [-0.4, -0.2) is 28.4 Å². The summed E-state index contributed by atoms with van der Waals surface area (Å²) in [5.41, 5.74) is 8.77. The summed E-state index contributed by atoms with van der Waals surface area (Å²) in [6.45, 7) is 5.24. The van der Waals surface area contributed by atoms with Gasteiger partial charge >= 0.3 is 0 Å². The Labute approximate surface area is 233 Å². The van der Waals surface area contributed by atoms with Crippen molar-refractivity contribution < 1.29 is 9.53 Å². The molecule has 1 amide bonds. The van der Waals surface area contributed by atoms with Gasteiger partial charge in [0.15, 0.2) is 0 Å². The van der Waals surface area contributed by atoms with E-state index in [-0.39, 0.29) is 11.9 Å². The highest BCUT2D eigenvalue weighted by Crippen LogP contribution is 2.39. The van der Waals surface area contributed by atoms with Crippen LogP contribution in [0.5, 0.6) is 5.75 Å². The summed E-state index contributed by atoms with van der Waals surface area (Å²) in [5, 5.41) is 1.49. The molecule has 0 radical (unpaired) electrons. The van der Waals surface area contributed by atoms with Crippen molar-refractivity contribution in [3.63, 3.8) is 0 Å². The number of hydrogen-bond donors (Lipinski definition) is 1. The number of aromatic nitrogens is 1. The molecule has 1 aliphatic rings. The van der Waals surface area contributed by atoms with Crippen molar-refractivity contribution in [2.45, 2.75) is 58.5 Å². The largest absolute Gasteiger partial charge is 0.494 e. The summed E-state index contributed by atoms with van der Waals surface area (Å²) in [5.74, 6) is 2.01. The number of rotatable bonds is 8. The fourth-order valence-electron chi connectivity index (χ4n) is 5.45. The van der Waals surface area contributed by atoms with Gasteiger partial charge in [0, 0.05) is 40.0 Å². The maximum atomic E-state index is 14.2. The van der Waals surface area contributed by atoms with Gasteiger partial charge in [-0.25, -0.2) is 4.98 Å². The van der Waals surface area contributed by atoms with Gasteiger partial charge in [0.25, 0.3) is 5.91 Å². The van der Waals surface area contributed by atoms with Crippen molar-refractivity contribution in [3.8, 4) is 16.9 Å².